The Bertz CT molecular complexity index is 400. The molecule has 2 N–H and O–H groups in total. The van der Waals surface area contributed by atoms with Gasteiger partial charge in [-0.1, -0.05) is 25.3 Å². The quantitative estimate of drug-likeness (QED) is 0.884. The van der Waals surface area contributed by atoms with E-state index in [-0.39, 0.29) is 5.82 Å². The molecule has 0 unspecified atom stereocenters. The summed E-state index contributed by atoms with van der Waals surface area (Å²) in [6.45, 7) is 2.33. The van der Waals surface area contributed by atoms with Crippen molar-refractivity contribution in [2.24, 2.45) is 11.7 Å². The number of hydrogen-bond acceptors (Lipinski definition) is 2. The van der Waals surface area contributed by atoms with Crippen LogP contribution in [0.15, 0.2) is 18.2 Å². The van der Waals surface area contributed by atoms with E-state index in [9.17, 15) is 4.39 Å². The van der Waals surface area contributed by atoms with Crippen LogP contribution in [0.1, 0.15) is 43.2 Å². The molecule has 19 heavy (non-hydrogen) atoms. The molecule has 1 aliphatic carbocycles. The fraction of sp³-hybridized carbons (Fsp3) is 0.625. The van der Waals surface area contributed by atoms with Gasteiger partial charge in [0.15, 0.2) is 0 Å². The molecule has 0 heterocycles. The zero-order valence-corrected chi connectivity index (χ0v) is 11.9. The topological polar surface area (TPSA) is 29.3 Å². The summed E-state index contributed by atoms with van der Waals surface area (Å²) < 4.78 is 13.4. The molecular formula is C16H25FN2. The Morgan fingerprint density at radius 1 is 1.16 bits per heavy atom. The van der Waals surface area contributed by atoms with Crippen molar-refractivity contribution in [1.82, 2.24) is 4.90 Å². The molecule has 0 amide bonds. The number of halogens is 1. The third kappa shape index (κ3) is 4.59. The van der Waals surface area contributed by atoms with Crippen molar-refractivity contribution in [3.05, 3.63) is 35.1 Å². The first-order valence-corrected chi connectivity index (χ1v) is 7.34. The Labute approximate surface area is 115 Å². The summed E-state index contributed by atoms with van der Waals surface area (Å²) in [7, 11) is 2.13. The highest BCUT2D eigenvalue weighted by atomic mass is 19.1. The number of benzene rings is 1. The van der Waals surface area contributed by atoms with E-state index >= 15 is 0 Å². The van der Waals surface area contributed by atoms with Gasteiger partial charge in [-0.25, -0.2) is 4.39 Å². The Balaban J connectivity index is 1.90. The molecule has 1 aromatic carbocycles. The highest BCUT2D eigenvalue weighted by Crippen LogP contribution is 2.24. The number of rotatable bonds is 5. The second kappa shape index (κ2) is 7.01. The monoisotopic (exact) mass is 264 g/mol. The first-order valence-electron chi connectivity index (χ1n) is 7.34. The van der Waals surface area contributed by atoms with Gasteiger partial charge in [0.25, 0.3) is 0 Å². The lowest BCUT2D eigenvalue weighted by Gasteiger charge is -2.27. The van der Waals surface area contributed by atoms with Crippen LogP contribution in [-0.2, 0) is 13.1 Å². The van der Waals surface area contributed by atoms with Crippen molar-refractivity contribution >= 4 is 0 Å². The van der Waals surface area contributed by atoms with Crippen molar-refractivity contribution in [3.8, 4) is 0 Å². The van der Waals surface area contributed by atoms with Gasteiger partial charge in [-0.3, -0.25) is 0 Å². The molecule has 1 aliphatic rings. The molecule has 2 rings (SSSR count). The van der Waals surface area contributed by atoms with Crippen molar-refractivity contribution in [2.75, 3.05) is 13.6 Å². The number of nitrogens with zero attached hydrogens (tertiary/aromatic N) is 1. The summed E-state index contributed by atoms with van der Waals surface area (Å²) in [5.41, 5.74) is 7.49. The van der Waals surface area contributed by atoms with Gasteiger partial charge in [-0.15, -0.1) is 0 Å². The maximum absolute atomic E-state index is 13.4. The largest absolute Gasteiger partial charge is 0.326 e. The summed E-state index contributed by atoms with van der Waals surface area (Å²) in [6, 6.07) is 5.15. The highest BCUT2D eigenvalue weighted by Gasteiger charge is 2.15. The molecule has 0 saturated heterocycles. The maximum Gasteiger partial charge on any atom is 0.123 e. The molecule has 2 nitrogen and oxygen atoms in total. The Morgan fingerprint density at radius 3 is 2.53 bits per heavy atom. The summed E-state index contributed by atoms with van der Waals surface area (Å²) in [6.07, 6.45) is 6.83. The Morgan fingerprint density at radius 2 is 1.84 bits per heavy atom. The molecule has 106 valence electrons. The third-order valence-electron chi connectivity index (χ3n) is 4.00. The molecule has 1 fully saturated rings. The van der Waals surface area contributed by atoms with Crippen LogP contribution in [0.5, 0.6) is 0 Å². The van der Waals surface area contributed by atoms with E-state index in [1.165, 1.54) is 38.2 Å². The van der Waals surface area contributed by atoms with E-state index < -0.39 is 0 Å². The van der Waals surface area contributed by atoms with Gasteiger partial charge in [0, 0.05) is 19.6 Å². The third-order valence-corrected chi connectivity index (χ3v) is 4.00. The van der Waals surface area contributed by atoms with Gasteiger partial charge in [-0.2, -0.15) is 0 Å². The SMILES string of the molecule is CN(Cc1cc(F)cc(CN)c1)CC1CCCCC1. The normalized spacial score (nSPS) is 17.1. The lowest BCUT2D eigenvalue weighted by Crippen LogP contribution is -2.26. The van der Waals surface area contributed by atoms with Gasteiger partial charge >= 0.3 is 0 Å². The zero-order valence-electron chi connectivity index (χ0n) is 11.9. The van der Waals surface area contributed by atoms with Crippen LogP contribution in [0.4, 0.5) is 4.39 Å². The fourth-order valence-corrected chi connectivity index (χ4v) is 3.11. The summed E-state index contributed by atoms with van der Waals surface area (Å²) in [5.74, 6) is 0.644. The van der Waals surface area contributed by atoms with E-state index in [4.69, 9.17) is 5.73 Å². The smallest absolute Gasteiger partial charge is 0.123 e. The van der Waals surface area contributed by atoms with E-state index in [2.05, 4.69) is 11.9 Å². The van der Waals surface area contributed by atoms with E-state index in [0.29, 0.717) is 6.54 Å². The molecule has 3 heteroatoms. The van der Waals surface area contributed by atoms with Crippen molar-refractivity contribution in [1.29, 1.82) is 0 Å². The van der Waals surface area contributed by atoms with Crippen molar-refractivity contribution < 1.29 is 4.39 Å². The van der Waals surface area contributed by atoms with E-state index in [0.717, 1.165) is 30.1 Å². The molecule has 0 aliphatic heterocycles. The molecule has 0 aromatic heterocycles. The molecule has 0 radical (unpaired) electrons. The lowest BCUT2D eigenvalue weighted by molar-refractivity contribution is 0.228. The minimum atomic E-state index is -0.177. The zero-order chi connectivity index (χ0) is 13.7. The van der Waals surface area contributed by atoms with Crippen LogP contribution in [0.3, 0.4) is 0 Å². The van der Waals surface area contributed by atoms with Crippen LogP contribution in [0.25, 0.3) is 0 Å². The van der Waals surface area contributed by atoms with Gasteiger partial charge in [0.1, 0.15) is 5.82 Å². The van der Waals surface area contributed by atoms with Crippen LogP contribution < -0.4 is 5.73 Å². The minimum absolute atomic E-state index is 0.177. The van der Waals surface area contributed by atoms with Crippen LogP contribution >= 0.6 is 0 Å². The van der Waals surface area contributed by atoms with Gasteiger partial charge in [0.2, 0.25) is 0 Å². The van der Waals surface area contributed by atoms with Gasteiger partial charge in [0.05, 0.1) is 0 Å². The maximum atomic E-state index is 13.4. The molecule has 0 bridgehead atoms. The number of hydrogen-bond donors (Lipinski definition) is 1. The minimum Gasteiger partial charge on any atom is -0.326 e. The molecule has 1 aromatic rings. The van der Waals surface area contributed by atoms with Gasteiger partial charge < -0.3 is 10.6 Å². The predicted octanol–water partition coefficient (Wildman–Crippen LogP) is 3.30. The van der Waals surface area contributed by atoms with Crippen LogP contribution in [0, 0.1) is 11.7 Å². The second-order valence-corrected chi connectivity index (χ2v) is 5.87. The van der Waals surface area contributed by atoms with Crippen molar-refractivity contribution in [2.45, 2.75) is 45.2 Å². The Hall–Kier alpha value is -0.930. The van der Waals surface area contributed by atoms with Crippen LogP contribution in [0.2, 0.25) is 0 Å². The lowest BCUT2D eigenvalue weighted by atomic mass is 9.89. The molecule has 1 saturated carbocycles. The first-order chi connectivity index (χ1) is 9.17. The molecular weight excluding hydrogens is 239 g/mol. The number of nitrogens with two attached hydrogens (primary N) is 1. The summed E-state index contributed by atoms with van der Waals surface area (Å²) >= 11 is 0. The Kier molecular flexibility index (Phi) is 5.34. The fourth-order valence-electron chi connectivity index (χ4n) is 3.11. The summed E-state index contributed by atoms with van der Waals surface area (Å²) in [5, 5.41) is 0. The van der Waals surface area contributed by atoms with E-state index in [1.54, 1.807) is 6.07 Å². The van der Waals surface area contributed by atoms with Crippen molar-refractivity contribution in [3.63, 3.8) is 0 Å². The first kappa shape index (κ1) is 14.5. The highest BCUT2D eigenvalue weighted by molar-refractivity contribution is 5.24. The summed E-state index contributed by atoms with van der Waals surface area (Å²) in [4.78, 5) is 2.31. The molecule has 0 atom stereocenters. The van der Waals surface area contributed by atoms with Gasteiger partial charge in [-0.05, 0) is 49.1 Å². The average molecular weight is 264 g/mol. The average Bonchev–Trinajstić information content (AvgIpc) is 2.38. The second-order valence-electron chi connectivity index (χ2n) is 5.87. The predicted molar refractivity (Wildman–Crippen MR) is 77.2 cm³/mol. The van der Waals surface area contributed by atoms with Crippen LogP contribution in [-0.4, -0.2) is 18.5 Å². The molecule has 0 spiro atoms. The van der Waals surface area contributed by atoms with E-state index in [1.807, 2.05) is 6.07 Å². The standard InChI is InChI=1S/C16H25FN2/c1-19(11-13-5-3-2-4-6-13)12-15-7-14(10-18)8-16(17)9-15/h7-9,13H,2-6,10-12,18H2,1H3.